The number of halogens is 2. The number of nitriles is 1. The third kappa shape index (κ3) is 3.48. The molecule has 0 heterocycles. The number of hydrogen-bond acceptors (Lipinski definition) is 3. The third-order valence-electron chi connectivity index (χ3n) is 3.08. The first-order chi connectivity index (χ1) is 10.6. The van der Waals surface area contributed by atoms with Gasteiger partial charge in [-0.25, -0.2) is 0 Å². The largest absolute Gasteiger partial charge is 0.386 e. The second-order valence-electron chi connectivity index (χ2n) is 4.45. The van der Waals surface area contributed by atoms with Crippen molar-refractivity contribution in [3.05, 3.63) is 75.3 Å². The molecule has 22 heavy (non-hydrogen) atoms. The summed E-state index contributed by atoms with van der Waals surface area (Å²) in [5.41, 5.74) is 1.61. The van der Waals surface area contributed by atoms with E-state index < -0.39 is 0 Å². The molecule has 0 bridgehead atoms. The van der Waals surface area contributed by atoms with Gasteiger partial charge in [0.15, 0.2) is 0 Å². The molecule has 110 valence electrons. The second kappa shape index (κ2) is 7.13. The Bertz CT molecular complexity index is 757. The minimum absolute atomic E-state index is 0.0344. The predicted octanol–water partition coefficient (Wildman–Crippen LogP) is 4.33. The fraction of sp³-hybridized carbons (Fsp3) is 0.0588. The molecule has 2 aromatic rings. The van der Waals surface area contributed by atoms with Gasteiger partial charge in [0.05, 0.1) is 5.70 Å². The summed E-state index contributed by atoms with van der Waals surface area (Å²) in [5.74, 6) is -0.363. The molecule has 0 aromatic heterocycles. The molecule has 1 N–H and O–H groups in total. The van der Waals surface area contributed by atoms with E-state index in [0.717, 1.165) is 0 Å². The summed E-state index contributed by atoms with van der Waals surface area (Å²) < 4.78 is 0. The summed E-state index contributed by atoms with van der Waals surface area (Å²) in [6.07, 6.45) is 0. The van der Waals surface area contributed by atoms with E-state index in [1.807, 2.05) is 6.07 Å². The molecule has 0 spiro atoms. The third-order valence-corrected chi connectivity index (χ3v) is 3.58. The number of Topliss-reactive ketones (excluding diaryl/α,β-unsaturated/α-hetero) is 1. The number of benzene rings is 2. The number of ketones is 1. The van der Waals surface area contributed by atoms with Crippen molar-refractivity contribution < 1.29 is 4.79 Å². The fourth-order valence-electron chi connectivity index (χ4n) is 2.00. The molecule has 0 radical (unpaired) electrons. The maximum atomic E-state index is 12.5. The monoisotopic (exact) mass is 330 g/mol. The lowest BCUT2D eigenvalue weighted by atomic mass is 9.99. The van der Waals surface area contributed by atoms with Gasteiger partial charge in [0, 0.05) is 22.7 Å². The average molecular weight is 331 g/mol. The molecule has 0 fully saturated rings. The van der Waals surface area contributed by atoms with Crippen LogP contribution in [0.1, 0.15) is 15.9 Å². The molecule has 5 heteroatoms. The van der Waals surface area contributed by atoms with Gasteiger partial charge in [-0.05, 0) is 42.0 Å². The van der Waals surface area contributed by atoms with Crippen molar-refractivity contribution in [3.63, 3.8) is 0 Å². The topological polar surface area (TPSA) is 52.9 Å². The Morgan fingerprint density at radius 2 is 1.41 bits per heavy atom. The predicted molar refractivity (Wildman–Crippen MR) is 88.8 cm³/mol. The minimum atomic E-state index is -0.363. The highest BCUT2D eigenvalue weighted by Crippen LogP contribution is 2.21. The Labute approximate surface area is 138 Å². The summed E-state index contributed by atoms with van der Waals surface area (Å²) in [4.78, 5) is 12.5. The first-order valence-corrected chi connectivity index (χ1v) is 7.20. The molecular formula is C17H12Cl2N2O. The van der Waals surface area contributed by atoms with Crippen molar-refractivity contribution in [2.75, 3.05) is 7.05 Å². The lowest BCUT2D eigenvalue weighted by Crippen LogP contribution is -2.13. The van der Waals surface area contributed by atoms with Crippen molar-refractivity contribution in [1.82, 2.24) is 5.32 Å². The van der Waals surface area contributed by atoms with Gasteiger partial charge in [0.2, 0.25) is 5.78 Å². The van der Waals surface area contributed by atoms with Gasteiger partial charge in [0.25, 0.3) is 0 Å². The number of nitrogens with one attached hydrogen (secondary N) is 1. The van der Waals surface area contributed by atoms with E-state index in [-0.39, 0.29) is 11.4 Å². The molecule has 3 nitrogen and oxygen atoms in total. The molecule has 0 saturated heterocycles. The van der Waals surface area contributed by atoms with Crippen LogP contribution in [0.3, 0.4) is 0 Å². The molecule has 0 atom stereocenters. The van der Waals surface area contributed by atoms with Gasteiger partial charge in [-0.15, -0.1) is 0 Å². The van der Waals surface area contributed by atoms with E-state index in [2.05, 4.69) is 5.32 Å². The Balaban J connectivity index is 2.51. The van der Waals surface area contributed by atoms with Crippen molar-refractivity contribution in [1.29, 1.82) is 5.26 Å². The maximum absolute atomic E-state index is 12.5. The van der Waals surface area contributed by atoms with Gasteiger partial charge in [-0.3, -0.25) is 4.79 Å². The normalized spacial score (nSPS) is 11.4. The molecule has 0 unspecified atom stereocenters. The van der Waals surface area contributed by atoms with Crippen LogP contribution in [-0.4, -0.2) is 12.8 Å². The molecule has 0 aliphatic heterocycles. The lowest BCUT2D eigenvalue weighted by Gasteiger charge is -2.10. The lowest BCUT2D eigenvalue weighted by molar-refractivity contribution is 0.103. The van der Waals surface area contributed by atoms with Crippen LogP contribution in [0.4, 0.5) is 0 Å². The summed E-state index contributed by atoms with van der Waals surface area (Å²) in [7, 11) is 1.66. The summed E-state index contributed by atoms with van der Waals surface area (Å²) in [6.45, 7) is 0. The molecule has 0 saturated carbocycles. The summed E-state index contributed by atoms with van der Waals surface area (Å²) in [5, 5.41) is 13.4. The summed E-state index contributed by atoms with van der Waals surface area (Å²) in [6, 6.07) is 15.3. The van der Waals surface area contributed by atoms with E-state index in [1.165, 1.54) is 0 Å². The zero-order chi connectivity index (χ0) is 16.1. The smallest absolute Gasteiger partial charge is 0.205 e. The van der Waals surface area contributed by atoms with Crippen LogP contribution in [-0.2, 0) is 0 Å². The molecule has 0 aliphatic carbocycles. The zero-order valence-electron chi connectivity index (χ0n) is 11.7. The second-order valence-corrected chi connectivity index (χ2v) is 5.33. The van der Waals surface area contributed by atoms with Gasteiger partial charge in [0.1, 0.15) is 11.6 Å². The zero-order valence-corrected chi connectivity index (χ0v) is 13.2. The molecule has 0 amide bonds. The van der Waals surface area contributed by atoms with Crippen molar-refractivity contribution in [2.45, 2.75) is 0 Å². The standard InChI is InChI=1S/C17H12Cl2N2O/c1-21-16(11-2-6-13(18)7-3-11)15(10-20)17(22)12-4-8-14(19)9-5-12/h2-9,21H,1H3/b16-15-. The van der Waals surface area contributed by atoms with E-state index in [0.29, 0.717) is 26.9 Å². The Kier molecular flexibility index (Phi) is 5.21. The van der Waals surface area contributed by atoms with Gasteiger partial charge in [-0.1, -0.05) is 35.3 Å². The Morgan fingerprint density at radius 3 is 1.82 bits per heavy atom. The number of hydrogen-bond donors (Lipinski definition) is 1. The maximum Gasteiger partial charge on any atom is 0.205 e. The molecular weight excluding hydrogens is 319 g/mol. The van der Waals surface area contributed by atoms with Crippen LogP contribution in [0.25, 0.3) is 5.70 Å². The van der Waals surface area contributed by atoms with Gasteiger partial charge < -0.3 is 5.32 Å². The first kappa shape index (κ1) is 16.1. The number of carbonyl (C=O) groups excluding carboxylic acids is 1. The highest BCUT2D eigenvalue weighted by molar-refractivity contribution is 6.31. The Morgan fingerprint density at radius 1 is 0.955 bits per heavy atom. The quantitative estimate of drug-likeness (QED) is 0.515. The molecule has 2 aromatic carbocycles. The number of carbonyl (C=O) groups is 1. The summed E-state index contributed by atoms with van der Waals surface area (Å²) >= 11 is 11.7. The van der Waals surface area contributed by atoms with Crippen molar-refractivity contribution in [3.8, 4) is 6.07 Å². The highest BCUT2D eigenvalue weighted by atomic mass is 35.5. The number of nitrogens with zero attached hydrogens (tertiary/aromatic N) is 1. The van der Waals surface area contributed by atoms with Crippen LogP contribution in [0, 0.1) is 11.3 Å². The van der Waals surface area contributed by atoms with Crippen molar-refractivity contribution in [2.24, 2.45) is 0 Å². The first-order valence-electron chi connectivity index (χ1n) is 6.45. The van der Waals surface area contributed by atoms with Crippen LogP contribution >= 0.6 is 23.2 Å². The minimum Gasteiger partial charge on any atom is -0.386 e. The molecule has 0 aliphatic rings. The number of rotatable bonds is 4. The van der Waals surface area contributed by atoms with Crippen LogP contribution < -0.4 is 5.32 Å². The number of allylic oxidation sites excluding steroid dienone is 1. The van der Waals surface area contributed by atoms with Gasteiger partial charge in [-0.2, -0.15) is 5.26 Å². The van der Waals surface area contributed by atoms with Crippen molar-refractivity contribution >= 4 is 34.7 Å². The van der Waals surface area contributed by atoms with E-state index in [1.54, 1.807) is 55.6 Å². The van der Waals surface area contributed by atoms with Crippen LogP contribution in [0.15, 0.2) is 54.1 Å². The van der Waals surface area contributed by atoms with E-state index in [9.17, 15) is 10.1 Å². The van der Waals surface area contributed by atoms with Crippen LogP contribution in [0.5, 0.6) is 0 Å². The van der Waals surface area contributed by atoms with Crippen LogP contribution in [0.2, 0.25) is 10.0 Å². The fourth-order valence-corrected chi connectivity index (χ4v) is 2.25. The SMILES string of the molecule is CN/C(=C(/C#N)C(=O)c1ccc(Cl)cc1)c1ccc(Cl)cc1. The Hall–Kier alpha value is -2.28. The highest BCUT2D eigenvalue weighted by Gasteiger charge is 2.18. The average Bonchev–Trinajstić information content (AvgIpc) is 2.53. The van der Waals surface area contributed by atoms with E-state index in [4.69, 9.17) is 23.2 Å². The van der Waals surface area contributed by atoms with Gasteiger partial charge >= 0.3 is 0 Å². The molecule has 2 rings (SSSR count). The van der Waals surface area contributed by atoms with E-state index >= 15 is 0 Å².